The number of alkyl halides is 2. The molecule has 0 atom stereocenters. The van der Waals surface area contributed by atoms with Gasteiger partial charge in [0.25, 0.3) is 5.91 Å². The molecular weight excluding hydrogens is 520 g/mol. The van der Waals surface area contributed by atoms with Crippen LogP contribution >= 0.6 is 0 Å². The average molecular weight is 556 g/mol. The number of carbonyl (C=O) groups is 1. The summed E-state index contributed by atoms with van der Waals surface area (Å²) in [7, 11) is 2.02. The van der Waals surface area contributed by atoms with Crippen LogP contribution in [0.1, 0.15) is 36.0 Å². The minimum absolute atomic E-state index is 0.00915. The molecule has 1 amide bonds. The lowest BCUT2D eigenvalue weighted by Gasteiger charge is -2.36. The van der Waals surface area contributed by atoms with Gasteiger partial charge >= 0.3 is 6.61 Å². The van der Waals surface area contributed by atoms with Crippen molar-refractivity contribution in [1.82, 2.24) is 15.1 Å². The predicted octanol–water partition coefficient (Wildman–Crippen LogP) is 5.01. The van der Waals surface area contributed by atoms with Crippen LogP contribution < -0.4 is 19.5 Å². The van der Waals surface area contributed by atoms with Crippen molar-refractivity contribution >= 4 is 16.9 Å². The van der Waals surface area contributed by atoms with Gasteiger partial charge in [-0.2, -0.15) is 8.78 Å². The van der Waals surface area contributed by atoms with Crippen molar-refractivity contribution in [3.63, 3.8) is 0 Å². The van der Waals surface area contributed by atoms with E-state index in [2.05, 4.69) is 15.1 Å². The average Bonchev–Trinajstić information content (AvgIpc) is 3.38. The molecule has 6 rings (SSSR count). The van der Waals surface area contributed by atoms with Crippen LogP contribution in [-0.4, -0.2) is 81.3 Å². The number of amides is 1. The van der Waals surface area contributed by atoms with Crippen molar-refractivity contribution in [3.8, 4) is 28.4 Å². The predicted molar refractivity (Wildman–Crippen MR) is 146 cm³/mol. The minimum atomic E-state index is -3.10. The Kier molecular flexibility index (Phi) is 7.80. The Hall–Kier alpha value is -3.37. The minimum Gasteiger partial charge on any atom is -0.492 e. The third-order valence-electron chi connectivity index (χ3n) is 7.77. The van der Waals surface area contributed by atoms with Gasteiger partial charge < -0.3 is 28.8 Å². The van der Waals surface area contributed by atoms with Crippen LogP contribution in [0.4, 0.5) is 8.78 Å². The smallest absolute Gasteiger partial charge is 0.387 e. The lowest BCUT2D eigenvalue weighted by Crippen LogP contribution is -2.46. The third kappa shape index (κ3) is 6.18. The number of hydrogen-bond donors (Lipinski definition) is 1. The Morgan fingerprint density at radius 2 is 1.88 bits per heavy atom. The lowest BCUT2D eigenvalue weighted by molar-refractivity contribution is -0.0502. The summed E-state index contributed by atoms with van der Waals surface area (Å²) in [6, 6.07) is 8.83. The number of fused-ring (bicyclic) bond motifs is 1. The molecule has 8 nitrogen and oxygen atoms in total. The Labute approximate surface area is 232 Å². The van der Waals surface area contributed by atoms with E-state index < -0.39 is 12.5 Å². The molecule has 214 valence electrons. The quantitative estimate of drug-likeness (QED) is 0.337. The number of rotatable bonds is 12. The summed E-state index contributed by atoms with van der Waals surface area (Å²) in [5, 5.41) is 3.67. The van der Waals surface area contributed by atoms with Gasteiger partial charge in [-0.15, -0.1) is 0 Å². The van der Waals surface area contributed by atoms with Gasteiger partial charge in [-0.05, 0) is 75.6 Å². The standard InChI is InChI=1S/C30H35F2N3O5/c1-34-15-19(16-34)17-38-26-12-20(13-27(40-30(31)32)28(26)29(36)33-21-4-5-21)24-18-39-25-14-22(6-7-23(24)25)37-11-10-35-8-2-3-9-35/h6-7,12-14,18-19,21,30H,2-5,8-11,15-17H2,1H3,(H,33,36). The van der Waals surface area contributed by atoms with E-state index in [1.165, 1.54) is 18.9 Å². The van der Waals surface area contributed by atoms with E-state index in [0.29, 0.717) is 41.6 Å². The van der Waals surface area contributed by atoms with Gasteiger partial charge in [-0.1, -0.05) is 0 Å². The van der Waals surface area contributed by atoms with E-state index >= 15 is 0 Å². The Morgan fingerprint density at radius 1 is 1.10 bits per heavy atom. The van der Waals surface area contributed by atoms with Crippen LogP contribution in [-0.2, 0) is 0 Å². The summed E-state index contributed by atoms with van der Waals surface area (Å²) in [5.74, 6) is 0.528. The molecule has 0 bridgehead atoms. The van der Waals surface area contributed by atoms with Gasteiger partial charge in [-0.3, -0.25) is 9.69 Å². The summed E-state index contributed by atoms with van der Waals surface area (Å²) >= 11 is 0. The van der Waals surface area contributed by atoms with E-state index in [4.69, 9.17) is 18.6 Å². The molecule has 2 aliphatic heterocycles. The zero-order chi connectivity index (χ0) is 27.6. The van der Waals surface area contributed by atoms with E-state index in [1.807, 2.05) is 25.2 Å². The summed E-state index contributed by atoms with van der Waals surface area (Å²) in [5.41, 5.74) is 1.84. The zero-order valence-electron chi connectivity index (χ0n) is 22.7. The van der Waals surface area contributed by atoms with Crippen molar-refractivity contribution in [2.45, 2.75) is 38.3 Å². The number of furan rings is 1. The normalized spacial score (nSPS) is 18.3. The molecule has 0 unspecified atom stereocenters. The first-order chi connectivity index (χ1) is 19.4. The summed E-state index contributed by atoms with van der Waals surface area (Å²) < 4.78 is 49.9. The number of halogens is 2. The first kappa shape index (κ1) is 26.8. The second-order valence-electron chi connectivity index (χ2n) is 11.1. The van der Waals surface area contributed by atoms with Crippen LogP contribution in [0.3, 0.4) is 0 Å². The molecule has 3 aliphatic rings. The largest absolute Gasteiger partial charge is 0.492 e. The van der Waals surface area contributed by atoms with E-state index in [1.54, 1.807) is 12.3 Å². The molecule has 3 heterocycles. The van der Waals surface area contributed by atoms with Crippen LogP contribution in [0.15, 0.2) is 41.0 Å². The molecule has 0 radical (unpaired) electrons. The molecular formula is C30H35F2N3O5. The maximum absolute atomic E-state index is 13.5. The highest BCUT2D eigenvalue weighted by Crippen LogP contribution is 2.40. The molecule has 1 saturated carbocycles. The number of likely N-dealkylation sites (tertiary alicyclic amines) is 2. The fraction of sp³-hybridized carbons (Fsp3) is 0.500. The Bertz CT molecular complexity index is 1350. The molecule has 0 spiro atoms. The van der Waals surface area contributed by atoms with Gasteiger partial charge in [0.2, 0.25) is 0 Å². The molecule has 3 fully saturated rings. The van der Waals surface area contributed by atoms with E-state index in [9.17, 15) is 13.6 Å². The van der Waals surface area contributed by atoms with Crippen LogP contribution in [0.25, 0.3) is 22.1 Å². The molecule has 3 aromatic rings. The number of nitrogens with zero attached hydrogens (tertiary/aromatic N) is 2. The van der Waals surface area contributed by atoms with Crippen molar-refractivity contribution in [2.24, 2.45) is 5.92 Å². The molecule has 2 aromatic carbocycles. The molecule has 1 aliphatic carbocycles. The number of nitrogens with one attached hydrogen (secondary N) is 1. The molecule has 10 heteroatoms. The maximum Gasteiger partial charge on any atom is 0.387 e. The van der Waals surface area contributed by atoms with Gasteiger partial charge in [0.05, 0.1) is 12.9 Å². The van der Waals surface area contributed by atoms with E-state index in [0.717, 1.165) is 51.0 Å². The topological polar surface area (TPSA) is 76.4 Å². The maximum atomic E-state index is 13.5. The number of ether oxygens (including phenoxy) is 3. The number of carbonyl (C=O) groups excluding carboxylic acids is 1. The second-order valence-corrected chi connectivity index (χ2v) is 11.1. The molecule has 1 aromatic heterocycles. The number of benzene rings is 2. The Morgan fingerprint density at radius 3 is 2.60 bits per heavy atom. The second kappa shape index (κ2) is 11.6. The van der Waals surface area contributed by atoms with Crippen molar-refractivity contribution < 1.29 is 32.2 Å². The molecule has 2 saturated heterocycles. The van der Waals surface area contributed by atoms with Crippen molar-refractivity contribution in [2.75, 3.05) is 53.0 Å². The molecule has 1 N–H and O–H groups in total. The zero-order valence-corrected chi connectivity index (χ0v) is 22.7. The highest BCUT2D eigenvalue weighted by atomic mass is 19.3. The van der Waals surface area contributed by atoms with Gasteiger partial charge in [0, 0.05) is 48.6 Å². The lowest BCUT2D eigenvalue weighted by atomic mass is 10.00. The first-order valence-corrected chi connectivity index (χ1v) is 14.0. The van der Waals surface area contributed by atoms with Crippen molar-refractivity contribution in [3.05, 3.63) is 42.2 Å². The van der Waals surface area contributed by atoms with Crippen LogP contribution in [0.5, 0.6) is 17.2 Å². The SMILES string of the molecule is CN1CC(COc2cc(-c3coc4cc(OCCN5CCCC5)ccc34)cc(OC(F)F)c2C(=O)NC2CC2)C1. The monoisotopic (exact) mass is 555 g/mol. The highest BCUT2D eigenvalue weighted by molar-refractivity contribution is 6.02. The van der Waals surface area contributed by atoms with Gasteiger partial charge in [0.1, 0.15) is 35.0 Å². The first-order valence-electron chi connectivity index (χ1n) is 14.0. The summed E-state index contributed by atoms with van der Waals surface area (Å²) in [6.45, 7) is 2.73. The van der Waals surface area contributed by atoms with E-state index in [-0.39, 0.29) is 23.1 Å². The summed E-state index contributed by atoms with van der Waals surface area (Å²) in [6.07, 6.45) is 5.79. The summed E-state index contributed by atoms with van der Waals surface area (Å²) in [4.78, 5) is 17.7. The fourth-order valence-corrected chi connectivity index (χ4v) is 5.52. The highest BCUT2D eigenvalue weighted by Gasteiger charge is 2.31. The Balaban J connectivity index is 1.29. The third-order valence-corrected chi connectivity index (χ3v) is 7.77. The van der Waals surface area contributed by atoms with Gasteiger partial charge in [-0.25, -0.2) is 0 Å². The van der Waals surface area contributed by atoms with Crippen LogP contribution in [0.2, 0.25) is 0 Å². The molecule has 40 heavy (non-hydrogen) atoms. The van der Waals surface area contributed by atoms with Crippen molar-refractivity contribution in [1.29, 1.82) is 0 Å². The van der Waals surface area contributed by atoms with Gasteiger partial charge in [0.15, 0.2) is 0 Å². The number of hydrogen-bond acceptors (Lipinski definition) is 7. The fourth-order valence-electron chi connectivity index (χ4n) is 5.52. The van der Waals surface area contributed by atoms with Crippen LogP contribution in [0, 0.1) is 5.92 Å².